The molecule has 0 bridgehead atoms. The minimum absolute atomic E-state index is 0.0384. The number of aryl methyl sites for hydroxylation is 2. The predicted molar refractivity (Wildman–Crippen MR) is 150 cm³/mol. The van der Waals surface area contributed by atoms with Crippen LogP contribution in [0.25, 0.3) is 16.9 Å². The third kappa shape index (κ3) is 4.90. The Kier molecular flexibility index (Phi) is 6.40. The van der Waals surface area contributed by atoms with Crippen molar-refractivity contribution in [1.82, 2.24) is 24.6 Å². The largest absolute Gasteiger partial charge is 0.366 e. The summed E-state index contributed by atoms with van der Waals surface area (Å²) in [7, 11) is 0. The van der Waals surface area contributed by atoms with Crippen LogP contribution < -0.4 is 10.2 Å². The minimum atomic E-state index is -0.238. The fraction of sp³-hybridized carbons (Fsp3) is 0.200. The van der Waals surface area contributed by atoms with Crippen molar-refractivity contribution in [3.63, 3.8) is 0 Å². The number of halogens is 1. The van der Waals surface area contributed by atoms with Crippen LogP contribution in [0.2, 0.25) is 0 Å². The smallest absolute Gasteiger partial charge is 0.253 e. The fourth-order valence-corrected chi connectivity index (χ4v) is 4.94. The summed E-state index contributed by atoms with van der Waals surface area (Å²) in [6.45, 7) is 6.17. The Morgan fingerprint density at radius 3 is 2.18 bits per heavy atom. The van der Waals surface area contributed by atoms with Gasteiger partial charge in [-0.3, -0.25) is 4.79 Å². The molecule has 1 N–H and O–H groups in total. The molecule has 6 rings (SSSR count). The fourth-order valence-electron chi connectivity index (χ4n) is 4.94. The van der Waals surface area contributed by atoms with E-state index in [0.717, 1.165) is 28.1 Å². The summed E-state index contributed by atoms with van der Waals surface area (Å²) in [5, 5.41) is 7.98. The lowest BCUT2D eigenvalue weighted by Crippen LogP contribution is -2.49. The summed E-state index contributed by atoms with van der Waals surface area (Å²) in [5.74, 6) is 0.899. The molecule has 0 spiro atoms. The lowest BCUT2D eigenvalue weighted by atomic mass is 10.1. The van der Waals surface area contributed by atoms with E-state index in [9.17, 15) is 9.18 Å². The highest BCUT2D eigenvalue weighted by Gasteiger charge is 2.23. The normalized spacial score (nSPS) is 13.6. The summed E-state index contributed by atoms with van der Waals surface area (Å²) < 4.78 is 16.0. The van der Waals surface area contributed by atoms with Gasteiger partial charge in [-0.2, -0.15) is 5.10 Å². The SMILES string of the molecule is Cc1cc(C)n(-c2nc3ccccc3nc2Nc2ccc(C(=O)N3CCN(c4ccccc4F)CC3)cc2)n1. The molecule has 3 heterocycles. The second-order valence-corrected chi connectivity index (χ2v) is 9.66. The topological polar surface area (TPSA) is 79.2 Å². The first-order valence-corrected chi connectivity index (χ1v) is 12.9. The maximum absolute atomic E-state index is 14.2. The van der Waals surface area contributed by atoms with Gasteiger partial charge in [-0.05, 0) is 68.4 Å². The highest BCUT2D eigenvalue weighted by Crippen LogP contribution is 2.26. The Labute approximate surface area is 225 Å². The first-order chi connectivity index (χ1) is 19.0. The number of rotatable bonds is 5. The van der Waals surface area contributed by atoms with Gasteiger partial charge >= 0.3 is 0 Å². The highest BCUT2D eigenvalue weighted by atomic mass is 19.1. The first-order valence-electron chi connectivity index (χ1n) is 12.9. The van der Waals surface area contributed by atoms with E-state index in [1.165, 1.54) is 6.07 Å². The van der Waals surface area contributed by atoms with Crippen molar-refractivity contribution >= 4 is 34.1 Å². The predicted octanol–water partition coefficient (Wildman–Crippen LogP) is 5.28. The molecule has 5 aromatic rings. The van der Waals surface area contributed by atoms with E-state index in [1.54, 1.807) is 16.8 Å². The molecule has 0 unspecified atom stereocenters. The molecule has 1 fully saturated rings. The first kappa shape index (κ1) is 24.5. The molecule has 0 radical (unpaired) electrons. The average Bonchev–Trinajstić information content (AvgIpc) is 3.30. The van der Waals surface area contributed by atoms with Crippen LogP contribution in [0.5, 0.6) is 0 Å². The zero-order chi connectivity index (χ0) is 26.9. The van der Waals surface area contributed by atoms with Gasteiger partial charge in [0.2, 0.25) is 0 Å². The lowest BCUT2D eigenvalue weighted by molar-refractivity contribution is 0.0746. The van der Waals surface area contributed by atoms with E-state index in [1.807, 2.05) is 84.3 Å². The van der Waals surface area contributed by atoms with Crippen LogP contribution in [0.4, 0.5) is 21.6 Å². The van der Waals surface area contributed by atoms with Crippen molar-refractivity contribution in [1.29, 1.82) is 0 Å². The number of anilines is 3. The molecule has 0 aliphatic carbocycles. The average molecular weight is 522 g/mol. The summed E-state index contributed by atoms with van der Waals surface area (Å²) in [6.07, 6.45) is 0. The van der Waals surface area contributed by atoms with Crippen molar-refractivity contribution in [2.24, 2.45) is 0 Å². The van der Waals surface area contributed by atoms with Crippen LogP contribution in [0.1, 0.15) is 21.7 Å². The number of aromatic nitrogens is 4. The van der Waals surface area contributed by atoms with Gasteiger partial charge < -0.3 is 15.1 Å². The lowest BCUT2D eigenvalue weighted by Gasteiger charge is -2.36. The van der Waals surface area contributed by atoms with E-state index >= 15 is 0 Å². The maximum atomic E-state index is 14.2. The Hall–Kier alpha value is -4.79. The van der Waals surface area contributed by atoms with E-state index in [0.29, 0.717) is 49.1 Å². The number of piperazine rings is 1. The van der Waals surface area contributed by atoms with E-state index in [4.69, 9.17) is 9.97 Å². The van der Waals surface area contributed by atoms with Crippen LogP contribution in [0, 0.1) is 19.7 Å². The number of carbonyl (C=O) groups excluding carboxylic acids is 1. The number of benzene rings is 3. The number of nitrogens with one attached hydrogen (secondary N) is 1. The molecule has 0 atom stereocenters. The second-order valence-electron chi connectivity index (χ2n) is 9.66. The van der Waals surface area contributed by atoms with Crippen molar-refractivity contribution < 1.29 is 9.18 Å². The number of carbonyl (C=O) groups is 1. The molecule has 8 nitrogen and oxygen atoms in total. The summed E-state index contributed by atoms with van der Waals surface area (Å²) in [4.78, 5) is 26.7. The number of amides is 1. The summed E-state index contributed by atoms with van der Waals surface area (Å²) in [5.41, 5.74) is 5.36. The van der Waals surface area contributed by atoms with Crippen LogP contribution >= 0.6 is 0 Å². The molecule has 2 aromatic heterocycles. The Balaban J connectivity index is 1.20. The van der Waals surface area contributed by atoms with Crippen LogP contribution in [-0.2, 0) is 0 Å². The van der Waals surface area contributed by atoms with Crippen LogP contribution in [0.15, 0.2) is 78.9 Å². The molecular formula is C30H28FN7O. The third-order valence-corrected chi connectivity index (χ3v) is 6.92. The summed E-state index contributed by atoms with van der Waals surface area (Å²) in [6, 6.07) is 23.8. The standard InChI is InChI=1S/C30H28FN7O/c1-20-19-21(2)38(35-20)29-28(33-25-8-4-5-9-26(25)34-29)32-23-13-11-22(12-14-23)30(39)37-17-15-36(16-18-37)27-10-6-3-7-24(27)31/h3-14,19H,15-18H2,1-2H3,(H,32,33). The van der Waals surface area contributed by atoms with E-state index in [-0.39, 0.29) is 11.7 Å². The van der Waals surface area contributed by atoms with Crippen molar-refractivity contribution in [2.75, 3.05) is 36.4 Å². The van der Waals surface area contributed by atoms with Gasteiger partial charge in [-0.15, -0.1) is 0 Å². The molecule has 9 heteroatoms. The van der Waals surface area contributed by atoms with Crippen molar-refractivity contribution in [3.05, 3.63) is 102 Å². The van der Waals surface area contributed by atoms with E-state index < -0.39 is 0 Å². The molecule has 1 amide bonds. The van der Waals surface area contributed by atoms with Gasteiger partial charge in [-0.25, -0.2) is 19.0 Å². The van der Waals surface area contributed by atoms with Gasteiger partial charge in [0, 0.05) is 43.1 Å². The number of para-hydroxylation sites is 3. The quantitative estimate of drug-likeness (QED) is 0.339. The van der Waals surface area contributed by atoms with Crippen molar-refractivity contribution in [3.8, 4) is 5.82 Å². The molecule has 0 saturated carbocycles. The molecular weight excluding hydrogens is 493 g/mol. The Morgan fingerprint density at radius 1 is 0.846 bits per heavy atom. The molecule has 196 valence electrons. The van der Waals surface area contributed by atoms with Gasteiger partial charge in [0.25, 0.3) is 5.91 Å². The molecule has 1 aliphatic heterocycles. The minimum Gasteiger partial charge on any atom is -0.366 e. The van der Waals surface area contributed by atoms with Crippen LogP contribution in [0.3, 0.4) is 0 Å². The van der Waals surface area contributed by atoms with Gasteiger partial charge in [0.1, 0.15) is 5.82 Å². The molecule has 1 aliphatic rings. The van der Waals surface area contributed by atoms with E-state index in [2.05, 4.69) is 10.4 Å². The van der Waals surface area contributed by atoms with Gasteiger partial charge in [-0.1, -0.05) is 24.3 Å². The van der Waals surface area contributed by atoms with Gasteiger partial charge in [0.15, 0.2) is 11.6 Å². The number of hydrogen-bond acceptors (Lipinski definition) is 6. The molecule has 3 aromatic carbocycles. The molecule has 39 heavy (non-hydrogen) atoms. The van der Waals surface area contributed by atoms with Gasteiger partial charge in [0.05, 0.1) is 22.4 Å². The number of fused-ring (bicyclic) bond motifs is 1. The molecule has 1 saturated heterocycles. The third-order valence-electron chi connectivity index (χ3n) is 6.92. The number of hydrogen-bond donors (Lipinski definition) is 1. The maximum Gasteiger partial charge on any atom is 0.253 e. The summed E-state index contributed by atoms with van der Waals surface area (Å²) >= 11 is 0. The van der Waals surface area contributed by atoms with Crippen LogP contribution in [-0.4, -0.2) is 56.7 Å². The Bertz CT molecular complexity index is 1660. The Morgan fingerprint density at radius 2 is 1.51 bits per heavy atom. The van der Waals surface area contributed by atoms with Crippen molar-refractivity contribution in [2.45, 2.75) is 13.8 Å². The second kappa shape index (κ2) is 10.2. The zero-order valence-corrected chi connectivity index (χ0v) is 21.8. The highest BCUT2D eigenvalue weighted by molar-refractivity contribution is 5.95. The monoisotopic (exact) mass is 521 g/mol. The zero-order valence-electron chi connectivity index (χ0n) is 21.8. The number of nitrogens with zero attached hydrogens (tertiary/aromatic N) is 6.